The van der Waals surface area contributed by atoms with E-state index >= 15 is 0 Å². The normalized spacial score (nSPS) is 11.6. The van der Waals surface area contributed by atoms with Crippen molar-refractivity contribution in [3.8, 4) is 0 Å². The lowest BCUT2D eigenvalue weighted by molar-refractivity contribution is 0.498. The molecule has 0 saturated heterocycles. The minimum atomic E-state index is -3.69. The number of hydrogen-bond acceptors (Lipinski definition) is 3. The van der Waals surface area contributed by atoms with E-state index in [1.807, 2.05) is 19.1 Å². The van der Waals surface area contributed by atoms with Gasteiger partial charge in [0, 0.05) is 13.1 Å². The molecule has 4 nitrogen and oxygen atoms in total. The van der Waals surface area contributed by atoms with Crippen molar-refractivity contribution < 1.29 is 12.8 Å². The molecule has 0 fully saturated rings. The molecule has 0 bridgehead atoms. The van der Waals surface area contributed by atoms with Crippen molar-refractivity contribution in [3.63, 3.8) is 0 Å². The van der Waals surface area contributed by atoms with Gasteiger partial charge in [0.15, 0.2) is 4.67 Å². The molecule has 7 heteroatoms. The minimum absolute atomic E-state index is 0.0659. The summed E-state index contributed by atoms with van der Waals surface area (Å²) in [5.41, 5.74) is 1.64. The van der Waals surface area contributed by atoms with Crippen molar-refractivity contribution in [1.29, 1.82) is 0 Å². The van der Waals surface area contributed by atoms with E-state index in [1.54, 1.807) is 12.1 Å². The monoisotopic (exact) mass is 377 g/mol. The third-order valence-electron chi connectivity index (χ3n) is 2.87. The molecular weight excluding hydrogens is 366 g/mol. The summed E-state index contributed by atoms with van der Waals surface area (Å²) in [6.45, 7) is 1.94. The van der Waals surface area contributed by atoms with Crippen molar-refractivity contribution >= 4 is 43.2 Å². The molecule has 0 saturated carbocycles. The second kappa shape index (κ2) is 5.79. The van der Waals surface area contributed by atoms with Gasteiger partial charge in [-0.2, -0.15) is 0 Å². The van der Waals surface area contributed by atoms with Gasteiger partial charge in [-0.05, 0) is 35.0 Å². The first-order chi connectivity index (χ1) is 9.36. The average molecular weight is 379 g/mol. The smallest absolute Gasteiger partial charge is 0.268 e. The van der Waals surface area contributed by atoms with Crippen LogP contribution in [0.1, 0.15) is 11.3 Å². The maximum Gasteiger partial charge on any atom is 0.268 e. The highest BCUT2D eigenvalue weighted by Crippen LogP contribution is 2.31. The van der Waals surface area contributed by atoms with Crippen LogP contribution < -0.4 is 4.31 Å². The van der Waals surface area contributed by atoms with Gasteiger partial charge in [-0.3, -0.25) is 4.31 Å². The molecule has 0 spiro atoms. The number of halogens is 2. The van der Waals surface area contributed by atoms with Crippen molar-refractivity contribution in [2.24, 2.45) is 0 Å². The molecule has 0 unspecified atom stereocenters. The molecule has 1 aromatic carbocycles. The Morgan fingerprint density at radius 1 is 1.30 bits per heavy atom. The summed E-state index contributed by atoms with van der Waals surface area (Å²) in [6.07, 6.45) is 0. The van der Waals surface area contributed by atoms with Crippen LogP contribution in [0.2, 0.25) is 0 Å². The molecular formula is C13H13BrClNO3S. The van der Waals surface area contributed by atoms with Crippen LogP contribution in [0.15, 0.2) is 44.3 Å². The van der Waals surface area contributed by atoms with Crippen molar-refractivity contribution in [1.82, 2.24) is 0 Å². The number of anilines is 1. The number of hydrogen-bond donors (Lipinski definition) is 0. The van der Waals surface area contributed by atoms with Crippen molar-refractivity contribution in [2.45, 2.75) is 17.7 Å². The third kappa shape index (κ3) is 2.87. The molecule has 0 aliphatic rings. The highest BCUT2D eigenvalue weighted by atomic mass is 79.9. The van der Waals surface area contributed by atoms with Gasteiger partial charge >= 0.3 is 0 Å². The summed E-state index contributed by atoms with van der Waals surface area (Å²) >= 11 is 8.77. The average Bonchev–Trinajstić information content (AvgIpc) is 2.81. The molecule has 0 radical (unpaired) electrons. The standard InChI is InChI=1S/C13H13BrClNO3S/c1-9-3-5-10(6-4-9)16(2)20(17,18)12-7-11(8-15)19-13(12)14/h3-7H,8H2,1-2H3. The lowest BCUT2D eigenvalue weighted by Crippen LogP contribution is -2.26. The Kier molecular flexibility index (Phi) is 4.46. The summed E-state index contributed by atoms with van der Waals surface area (Å²) in [7, 11) is -2.19. The molecule has 108 valence electrons. The Morgan fingerprint density at radius 3 is 2.40 bits per heavy atom. The zero-order chi connectivity index (χ0) is 14.9. The zero-order valence-electron chi connectivity index (χ0n) is 10.9. The number of benzene rings is 1. The van der Waals surface area contributed by atoms with Crippen LogP contribution in [0, 0.1) is 6.92 Å². The van der Waals surface area contributed by atoms with Gasteiger partial charge in [0.05, 0.1) is 11.6 Å². The molecule has 0 N–H and O–H groups in total. The highest BCUT2D eigenvalue weighted by Gasteiger charge is 2.27. The molecule has 2 rings (SSSR count). The first-order valence-electron chi connectivity index (χ1n) is 5.76. The predicted octanol–water partition coefficient (Wildman–Crippen LogP) is 3.91. The number of alkyl halides is 1. The Hall–Kier alpha value is -0.980. The quantitative estimate of drug-likeness (QED) is 0.758. The summed E-state index contributed by atoms with van der Waals surface area (Å²) in [6, 6.07) is 8.65. The summed E-state index contributed by atoms with van der Waals surface area (Å²) in [5, 5.41) is 0. The fourth-order valence-electron chi connectivity index (χ4n) is 1.68. The topological polar surface area (TPSA) is 50.5 Å². The van der Waals surface area contributed by atoms with E-state index in [4.69, 9.17) is 16.0 Å². The molecule has 1 aromatic heterocycles. The first kappa shape index (κ1) is 15.4. The van der Waals surface area contributed by atoms with E-state index in [1.165, 1.54) is 17.4 Å². The molecule has 1 heterocycles. The Labute approximate surface area is 131 Å². The van der Waals surface area contributed by atoms with Crippen LogP contribution in [0.25, 0.3) is 0 Å². The molecule has 0 aliphatic heterocycles. The molecule has 0 atom stereocenters. The zero-order valence-corrected chi connectivity index (χ0v) is 14.1. The third-order valence-corrected chi connectivity index (χ3v) is 5.78. The van der Waals surface area contributed by atoms with Crippen LogP contribution in [0.3, 0.4) is 0 Å². The number of sulfonamides is 1. The largest absolute Gasteiger partial charge is 0.452 e. The molecule has 2 aromatic rings. The summed E-state index contributed by atoms with van der Waals surface area (Å²) < 4.78 is 31.7. The van der Waals surface area contributed by atoms with Crippen LogP contribution in [-0.2, 0) is 15.9 Å². The fourth-order valence-corrected chi connectivity index (χ4v) is 3.97. The van der Waals surface area contributed by atoms with Gasteiger partial charge in [-0.1, -0.05) is 17.7 Å². The summed E-state index contributed by atoms with van der Waals surface area (Å²) in [4.78, 5) is 0.0659. The van der Waals surface area contributed by atoms with Gasteiger partial charge < -0.3 is 4.42 Å². The second-order valence-corrected chi connectivity index (χ2v) is 7.22. The minimum Gasteiger partial charge on any atom is -0.452 e. The number of nitrogens with zero attached hydrogens (tertiary/aromatic N) is 1. The Balaban J connectivity index is 2.43. The van der Waals surface area contributed by atoms with Gasteiger partial charge in [-0.15, -0.1) is 11.6 Å². The van der Waals surface area contributed by atoms with E-state index < -0.39 is 10.0 Å². The Bertz CT molecular complexity index is 710. The first-order valence-corrected chi connectivity index (χ1v) is 8.53. The van der Waals surface area contributed by atoms with Crippen molar-refractivity contribution in [3.05, 3.63) is 46.3 Å². The van der Waals surface area contributed by atoms with E-state index in [0.29, 0.717) is 11.4 Å². The molecule has 0 aliphatic carbocycles. The second-order valence-electron chi connectivity index (χ2n) is 4.29. The van der Waals surface area contributed by atoms with Gasteiger partial charge in [0.1, 0.15) is 10.7 Å². The predicted molar refractivity (Wildman–Crippen MR) is 82.7 cm³/mol. The van der Waals surface area contributed by atoms with E-state index in [-0.39, 0.29) is 15.4 Å². The van der Waals surface area contributed by atoms with E-state index in [9.17, 15) is 8.42 Å². The van der Waals surface area contributed by atoms with Crippen LogP contribution in [0.5, 0.6) is 0 Å². The lowest BCUT2D eigenvalue weighted by Gasteiger charge is -2.18. The highest BCUT2D eigenvalue weighted by molar-refractivity contribution is 9.10. The lowest BCUT2D eigenvalue weighted by atomic mass is 10.2. The fraction of sp³-hybridized carbons (Fsp3) is 0.231. The number of rotatable bonds is 4. The number of aryl methyl sites for hydroxylation is 1. The maximum atomic E-state index is 12.6. The summed E-state index contributed by atoms with van der Waals surface area (Å²) in [5.74, 6) is 0.511. The van der Waals surface area contributed by atoms with Crippen LogP contribution >= 0.6 is 27.5 Å². The van der Waals surface area contributed by atoms with Crippen LogP contribution in [0.4, 0.5) is 5.69 Å². The van der Waals surface area contributed by atoms with E-state index in [0.717, 1.165) is 5.56 Å². The van der Waals surface area contributed by atoms with E-state index in [2.05, 4.69) is 15.9 Å². The Morgan fingerprint density at radius 2 is 1.90 bits per heavy atom. The van der Waals surface area contributed by atoms with Crippen LogP contribution in [-0.4, -0.2) is 15.5 Å². The SMILES string of the molecule is Cc1ccc(N(C)S(=O)(=O)c2cc(CCl)oc2Br)cc1. The number of furan rings is 1. The molecule has 20 heavy (non-hydrogen) atoms. The molecule has 0 amide bonds. The van der Waals surface area contributed by atoms with Gasteiger partial charge in [0.25, 0.3) is 10.0 Å². The van der Waals surface area contributed by atoms with Crippen molar-refractivity contribution in [2.75, 3.05) is 11.4 Å². The maximum absolute atomic E-state index is 12.6. The van der Waals surface area contributed by atoms with Gasteiger partial charge in [-0.25, -0.2) is 8.42 Å². The van der Waals surface area contributed by atoms with Gasteiger partial charge in [0.2, 0.25) is 0 Å².